The number of carbonyl (C=O) groups is 7. The van der Waals surface area contributed by atoms with Gasteiger partial charge in [0.1, 0.15) is 65.0 Å². The number of methoxy groups -OCH3 is 2. The summed E-state index contributed by atoms with van der Waals surface area (Å²) in [7, 11) is 2.53. The third-order valence-electron chi connectivity index (χ3n) is 17.6. The van der Waals surface area contributed by atoms with Gasteiger partial charge in [-0.25, -0.2) is 5.43 Å². The summed E-state index contributed by atoms with van der Waals surface area (Å²) in [6.45, 7) is 0.503. The van der Waals surface area contributed by atoms with Crippen LogP contribution in [0.25, 0.3) is 0 Å². The maximum absolute atomic E-state index is 15.0. The number of fused-ring (bicyclic) bond motifs is 6. The molecule has 25 nitrogen and oxygen atoms in total. The topological polar surface area (TPSA) is 392 Å². The van der Waals surface area contributed by atoms with E-state index in [9.17, 15) is 84.6 Å². The minimum atomic E-state index is -2.53. The molecule has 6 aliphatic rings. The van der Waals surface area contributed by atoms with Gasteiger partial charge in [0.05, 0.1) is 96.6 Å². The van der Waals surface area contributed by atoms with E-state index in [2.05, 4.69) is 5.43 Å². The molecule has 1 amide bonds. The minimum absolute atomic E-state index is 0.0148. The van der Waals surface area contributed by atoms with Crippen LogP contribution in [0, 0.1) is 0 Å². The number of hydrogen-bond donors (Lipinski definition) is 11. The quantitative estimate of drug-likeness (QED) is 0.0514. The van der Waals surface area contributed by atoms with Crippen LogP contribution in [0.1, 0.15) is 143 Å². The highest BCUT2D eigenvalue weighted by Crippen LogP contribution is 2.55. The van der Waals surface area contributed by atoms with E-state index in [4.69, 9.17) is 28.4 Å². The number of aliphatic hydroxyl groups is 6. The number of carbonyl (C=O) groups excluding carboxylic acids is 7. The average Bonchev–Trinajstić information content (AvgIpc) is 1.10. The first-order chi connectivity index (χ1) is 41.4. The molecule has 5 aromatic carbocycles. The van der Waals surface area contributed by atoms with Crippen LogP contribution < -0.4 is 14.9 Å². The maximum Gasteiger partial charge on any atom is 0.241 e. The van der Waals surface area contributed by atoms with Gasteiger partial charge in [0.25, 0.3) is 0 Å². The number of aliphatic hydroxyl groups excluding tert-OH is 4. The Hall–Kier alpha value is -8.05. The number of phenolic OH excluding ortho intramolecular Hbond substituents is 4. The maximum atomic E-state index is 15.0. The number of ether oxygens (including phenoxy) is 6. The van der Waals surface area contributed by atoms with Crippen molar-refractivity contribution in [2.45, 2.75) is 131 Å². The number of hydrogen-bond acceptors (Lipinski definition) is 24. The van der Waals surface area contributed by atoms with Crippen molar-refractivity contribution in [3.8, 4) is 34.5 Å². The van der Waals surface area contributed by atoms with Crippen LogP contribution in [0.3, 0.4) is 0 Å². The number of nitrogens with zero attached hydrogens (tertiary/aromatic N) is 1. The van der Waals surface area contributed by atoms with Crippen molar-refractivity contribution in [3.05, 3.63) is 139 Å². The summed E-state index contributed by atoms with van der Waals surface area (Å²) in [5, 5.41) is 117. The second-order valence-electron chi connectivity index (χ2n) is 22.7. The lowest BCUT2D eigenvalue weighted by Gasteiger charge is -2.48. The molecule has 458 valence electrons. The van der Waals surface area contributed by atoms with Gasteiger partial charge in [-0.05, 0) is 31.5 Å². The molecule has 11 rings (SSSR count). The van der Waals surface area contributed by atoms with E-state index in [-0.39, 0.29) is 62.4 Å². The van der Waals surface area contributed by atoms with Crippen LogP contribution >= 0.6 is 0 Å². The summed E-state index contributed by atoms with van der Waals surface area (Å²) in [4.78, 5) is 98.7. The number of aromatic hydroxyl groups is 4. The second-order valence-corrected chi connectivity index (χ2v) is 22.7. The highest BCUT2D eigenvalue weighted by Gasteiger charge is 2.54. The molecule has 0 radical (unpaired) electrons. The second kappa shape index (κ2) is 22.9. The Morgan fingerprint density at radius 1 is 0.586 bits per heavy atom. The average molecular weight is 1200 g/mol. The number of rotatable bonds is 15. The molecule has 2 fully saturated rings. The normalized spacial score (nSPS) is 28.1. The molecular formula is C62H62N2O23. The zero-order valence-electron chi connectivity index (χ0n) is 47.2. The van der Waals surface area contributed by atoms with Gasteiger partial charge in [-0.15, -0.1) is 0 Å². The first-order valence-corrected chi connectivity index (χ1v) is 28.0. The Labute approximate surface area is 494 Å². The standard InChI is InChI=1S/C62H62N2O23/c1-25-51(70)32(17-41(84-25)86-36-21-61(80,38(67)23-65)19-30-45(36)59(78)49-47(55(30)74)53(72)28-12-8-14-34(82-3)43(28)57(49)76)63-64(40(69)16-27-10-6-5-7-11-27)33-18-42(85-26(2)52(33)71)87-37-22-62(81,39(68)24-66)20-31-46(37)60(79)50-48(56(31)75)54(73)29-13-9-15-35(83-4)44(29)58(50)77/h5-15,25-26,32-33,36-37,41-42,51-52,63,65-66,70-71,74-75,78-81H,16-24H2,1-4H3/t25?,26?,32?,33?,36-,37-,41?,42?,51?,52?,61-,62-/m0/s1. The molecule has 0 aromatic heterocycles. The molecule has 8 unspecified atom stereocenters. The predicted octanol–water partition coefficient (Wildman–Crippen LogP) is 1.67. The first kappa shape index (κ1) is 60.6. The zero-order valence-corrected chi connectivity index (χ0v) is 47.2. The van der Waals surface area contributed by atoms with Crippen molar-refractivity contribution >= 4 is 40.6 Å². The van der Waals surface area contributed by atoms with E-state index < -0.39 is 210 Å². The van der Waals surface area contributed by atoms with Gasteiger partial charge in [0.2, 0.25) is 17.5 Å². The van der Waals surface area contributed by atoms with Gasteiger partial charge < -0.3 is 79.5 Å². The number of ketones is 6. The molecular weight excluding hydrogens is 1140 g/mol. The number of hydrazine groups is 1. The van der Waals surface area contributed by atoms with Gasteiger partial charge in [-0.3, -0.25) is 38.6 Å². The Morgan fingerprint density at radius 2 is 1.02 bits per heavy atom. The number of amides is 1. The van der Waals surface area contributed by atoms with Crippen LogP contribution in [0.5, 0.6) is 34.5 Å². The molecule has 2 heterocycles. The van der Waals surface area contributed by atoms with Crippen LogP contribution in [-0.4, -0.2) is 184 Å². The summed E-state index contributed by atoms with van der Waals surface area (Å²) in [6.07, 6.45) is -16.1. The van der Waals surface area contributed by atoms with E-state index in [1.165, 1.54) is 64.5 Å². The largest absolute Gasteiger partial charge is 0.507 e. The van der Waals surface area contributed by atoms with E-state index >= 15 is 0 Å². The molecule has 4 aliphatic carbocycles. The summed E-state index contributed by atoms with van der Waals surface area (Å²) in [5.74, 6) is -10.0. The van der Waals surface area contributed by atoms with Crippen molar-refractivity contribution in [2.75, 3.05) is 27.4 Å². The van der Waals surface area contributed by atoms with E-state index in [0.717, 1.165) is 5.01 Å². The fourth-order valence-electron chi connectivity index (χ4n) is 13.2. The highest BCUT2D eigenvalue weighted by atomic mass is 16.7. The lowest BCUT2D eigenvalue weighted by Crippen LogP contribution is -2.66. The molecule has 25 heteroatoms. The van der Waals surface area contributed by atoms with Gasteiger partial charge >= 0.3 is 0 Å². The smallest absolute Gasteiger partial charge is 0.241 e. The molecule has 0 bridgehead atoms. The first-order valence-electron chi connectivity index (χ1n) is 28.0. The van der Waals surface area contributed by atoms with Crippen LogP contribution in [0.2, 0.25) is 0 Å². The molecule has 2 saturated heterocycles. The van der Waals surface area contributed by atoms with Crippen molar-refractivity contribution < 1.29 is 113 Å². The van der Waals surface area contributed by atoms with Crippen LogP contribution in [-0.2, 0) is 52.6 Å². The molecule has 11 N–H and O–H groups in total. The minimum Gasteiger partial charge on any atom is -0.507 e. The van der Waals surface area contributed by atoms with Crippen LogP contribution in [0.4, 0.5) is 0 Å². The Morgan fingerprint density at radius 3 is 1.47 bits per heavy atom. The van der Waals surface area contributed by atoms with Crippen molar-refractivity contribution in [3.63, 3.8) is 0 Å². The molecule has 12 atom stereocenters. The lowest BCUT2D eigenvalue weighted by atomic mass is 9.72. The third kappa shape index (κ3) is 10.0. The predicted molar refractivity (Wildman–Crippen MR) is 295 cm³/mol. The Bertz CT molecular complexity index is 3720. The third-order valence-corrected chi connectivity index (χ3v) is 17.6. The number of benzene rings is 5. The van der Waals surface area contributed by atoms with Crippen molar-refractivity contribution in [2.24, 2.45) is 0 Å². The Kier molecular flexibility index (Phi) is 16.0. The van der Waals surface area contributed by atoms with Gasteiger partial charge in [0.15, 0.2) is 35.7 Å². The molecule has 5 aromatic rings. The fraction of sp³-hybridized carbons (Fsp3) is 0.403. The molecule has 0 saturated carbocycles. The summed E-state index contributed by atoms with van der Waals surface area (Å²) >= 11 is 0. The molecule has 87 heavy (non-hydrogen) atoms. The van der Waals surface area contributed by atoms with Gasteiger partial charge in [-0.1, -0.05) is 54.6 Å². The van der Waals surface area contributed by atoms with Crippen molar-refractivity contribution in [1.29, 1.82) is 0 Å². The lowest BCUT2D eigenvalue weighted by molar-refractivity contribution is -0.267. The molecule has 2 aliphatic heterocycles. The van der Waals surface area contributed by atoms with Gasteiger partial charge in [-0.2, -0.15) is 0 Å². The van der Waals surface area contributed by atoms with E-state index in [1.54, 1.807) is 30.3 Å². The fourth-order valence-corrected chi connectivity index (χ4v) is 13.2. The highest BCUT2D eigenvalue weighted by molar-refractivity contribution is 6.32. The van der Waals surface area contributed by atoms with E-state index in [1.807, 2.05) is 0 Å². The summed E-state index contributed by atoms with van der Waals surface area (Å²) < 4.78 is 36.1. The number of nitrogens with one attached hydrogen (secondary N) is 1. The Balaban J connectivity index is 0.934. The monoisotopic (exact) mass is 1200 g/mol. The number of phenols is 4. The van der Waals surface area contributed by atoms with Gasteiger partial charge in [0, 0.05) is 71.9 Å². The summed E-state index contributed by atoms with van der Waals surface area (Å²) in [6, 6.07) is 14.1. The van der Waals surface area contributed by atoms with Crippen molar-refractivity contribution in [1.82, 2.24) is 10.4 Å². The number of Topliss-reactive ketones (excluding diaryl/α,β-unsaturated/α-hetero) is 2. The van der Waals surface area contributed by atoms with Crippen LogP contribution in [0.15, 0.2) is 66.7 Å². The SMILES string of the molecule is COc1cccc2c1C(=O)c1c(O)c3c(c(O)c1C2=O)C[C@@](O)(C(=O)CO)C[C@@H]3OC1CC(NN(C(=O)Cc2ccccc2)C2CC(O[C@H]3C[C@](O)(C(=O)CO)Cc4c(O)c5c(c(O)c43)C(=O)c3c(OC)cccc3C5=O)OC(C)C2O)C(O)C(C)O1. The zero-order chi connectivity index (χ0) is 62.5. The van der Waals surface area contributed by atoms with E-state index in [0.29, 0.717) is 5.56 Å². The molecule has 0 spiro atoms. The summed E-state index contributed by atoms with van der Waals surface area (Å²) in [5.41, 5.74) is -6.10.